The molecule has 0 unspecified atom stereocenters. The van der Waals surface area contributed by atoms with Gasteiger partial charge in [-0.1, -0.05) is 66.7 Å². The zero-order valence-corrected chi connectivity index (χ0v) is 18.1. The van der Waals surface area contributed by atoms with E-state index in [0.29, 0.717) is 11.3 Å². The van der Waals surface area contributed by atoms with Gasteiger partial charge in [0.05, 0.1) is 7.11 Å². The summed E-state index contributed by atoms with van der Waals surface area (Å²) in [6.45, 7) is 1.95. The van der Waals surface area contributed by atoms with Gasteiger partial charge in [0.2, 0.25) is 0 Å². The topological polar surface area (TPSA) is 64.6 Å². The lowest BCUT2D eigenvalue weighted by molar-refractivity contribution is -0.116. The van der Waals surface area contributed by atoms with E-state index in [2.05, 4.69) is 29.6 Å². The molecule has 1 atom stereocenters. The van der Waals surface area contributed by atoms with Crippen molar-refractivity contribution in [2.24, 2.45) is 0 Å². The minimum absolute atomic E-state index is 0.0428. The Morgan fingerprint density at radius 2 is 1.53 bits per heavy atom. The summed E-state index contributed by atoms with van der Waals surface area (Å²) in [6.07, 6.45) is 2.46. The Morgan fingerprint density at radius 3 is 2.09 bits per heavy atom. The molecule has 5 nitrogen and oxygen atoms in total. The number of benzene rings is 3. The number of nitrogens with one attached hydrogen (secondary N) is 1. The fourth-order valence-corrected chi connectivity index (χ4v) is 4.13. The molecule has 1 N–H and O–H groups in total. The van der Waals surface area contributed by atoms with Crippen LogP contribution < -0.4 is 10.1 Å². The molecule has 0 aliphatic heterocycles. The molecule has 0 aromatic heterocycles. The summed E-state index contributed by atoms with van der Waals surface area (Å²) < 4.78 is 10.8. The third-order valence-electron chi connectivity index (χ3n) is 5.67. The Hall–Kier alpha value is -3.86. The van der Waals surface area contributed by atoms with Crippen LogP contribution in [0.15, 0.2) is 84.9 Å². The van der Waals surface area contributed by atoms with Gasteiger partial charge in [-0.15, -0.1) is 0 Å². The van der Waals surface area contributed by atoms with Crippen molar-refractivity contribution in [1.82, 2.24) is 5.32 Å². The second-order valence-electron chi connectivity index (χ2n) is 7.58. The Morgan fingerprint density at radius 1 is 0.938 bits per heavy atom. The number of allylic oxidation sites excluding steroid dienone is 1. The van der Waals surface area contributed by atoms with Crippen LogP contribution in [0.2, 0.25) is 0 Å². The number of hydrogen-bond acceptors (Lipinski definition) is 4. The van der Waals surface area contributed by atoms with Crippen LogP contribution in [-0.2, 0) is 9.53 Å². The summed E-state index contributed by atoms with van der Waals surface area (Å²) in [7, 11) is 1.58. The number of methoxy groups -OCH3 is 1. The monoisotopic (exact) mass is 427 g/mol. The van der Waals surface area contributed by atoms with Crippen molar-refractivity contribution in [3.63, 3.8) is 0 Å². The quantitative estimate of drug-likeness (QED) is 0.512. The average molecular weight is 428 g/mol. The molecule has 0 saturated heterocycles. The van der Waals surface area contributed by atoms with E-state index >= 15 is 0 Å². The van der Waals surface area contributed by atoms with Gasteiger partial charge in [0, 0.05) is 5.92 Å². The molecule has 5 heteroatoms. The maximum Gasteiger partial charge on any atom is 0.408 e. The highest BCUT2D eigenvalue weighted by molar-refractivity contribution is 5.97. The summed E-state index contributed by atoms with van der Waals surface area (Å²) in [5.74, 6) is 0.400. The zero-order chi connectivity index (χ0) is 22.5. The Kier molecular flexibility index (Phi) is 6.36. The van der Waals surface area contributed by atoms with Gasteiger partial charge < -0.3 is 14.8 Å². The number of carbonyl (C=O) groups excluding carboxylic acids is 2. The first-order valence-electron chi connectivity index (χ1n) is 10.5. The second kappa shape index (κ2) is 9.52. The van der Waals surface area contributed by atoms with E-state index in [9.17, 15) is 9.59 Å². The van der Waals surface area contributed by atoms with Crippen molar-refractivity contribution < 1.29 is 19.1 Å². The van der Waals surface area contributed by atoms with Crippen molar-refractivity contribution in [2.75, 3.05) is 13.7 Å². The van der Waals surface area contributed by atoms with E-state index in [-0.39, 0.29) is 18.3 Å². The van der Waals surface area contributed by atoms with Crippen LogP contribution in [0, 0.1) is 0 Å². The first-order chi connectivity index (χ1) is 15.6. The van der Waals surface area contributed by atoms with Crippen molar-refractivity contribution in [1.29, 1.82) is 0 Å². The smallest absolute Gasteiger partial charge is 0.408 e. The van der Waals surface area contributed by atoms with E-state index in [1.165, 1.54) is 6.08 Å². The predicted octanol–water partition coefficient (Wildman–Crippen LogP) is 5.42. The third-order valence-corrected chi connectivity index (χ3v) is 5.67. The largest absolute Gasteiger partial charge is 0.497 e. The van der Waals surface area contributed by atoms with Crippen LogP contribution in [0.1, 0.15) is 35.6 Å². The first-order valence-corrected chi connectivity index (χ1v) is 10.5. The fraction of sp³-hybridized carbons (Fsp3) is 0.185. The van der Waals surface area contributed by atoms with Crippen molar-refractivity contribution in [2.45, 2.75) is 18.9 Å². The number of amides is 1. The summed E-state index contributed by atoms with van der Waals surface area (Å²) in [6, 6.07) is 22.5. The minimum atomic E-state index is -0.840. The molecule has 162 valence electrons. The van der Waals surface area contributed by atoms with Crippen LogP contribution in [0.4, 0.5) is 4.79 Å². The molecule has 3 aromatic rings. The van der Waals surface area contributed by atoms with Crippen LogP contribution in [-0.4, -0.2) is 25.6 Å². The van der Waals surface area contributed by atoms with Crippen molar-refractivity contribution >= 4 is 11.9 Å². The molecular weight excluding hydrogens is 402 g/mol. The Labute approximate surface area is 187 Å². The minimum Gasteiger partial charge on any atom is -0.497 e. The molecule has 0 radical (unpaired) electrons. The third kappa shape index (κ3) is 4.28. The van der Waals surface area contributed by atoms with Gasteiger partial charge in [0.1, 0.15) is 18.4 Å². The number of rotatable bonds is 7. The maximum atomic E-state index is 12.7. The Bertz CT molecular complexity index is 1100. The van der Waals surface area contributed by atoms with Crippen LogP contribution in [0.25, 0.3) is 11.1 Å². The number of fused-ring (bicyclic) bond motifs is 3. The molecule has 0 saturated carbocycles. The molecule has 0 heterocycles. The molecule has 1 aliphatic carbocycles. The molecule has 0 fully saturated rings. The number of ether oxygens (including phenoxy) is 2. The molecule has 32 heavy (non-hydrogen) atoms. The number of hydrogen-bond donors (Lipinski definition) is 1. The lowest BCUT2D eigenvalue weighted by atomic mass is 9.98. The normalized spacial score (nSPS) is 13.3. The maximum absolute atomic E-state index is 12.7. The van der Waals surface area contributed by atoms with Crippen molar-refractivity contribution in [3.8, 4) is 16.9 Å². The molecule has 0 spiro atoms. The van der Waals surface area contributed by atoms with Gasteiger partial charge in [-0.3, -0.25) is 4.79 Å². The first kappa shape index (κ1) is 21.4. The second-order valence-corrected chi connectivity index (χ2v) is 7.58. The molecule has 3 aromatic carbocycles. The van der Waals surface area contributed by atoms with Gasteiger partial charge in [-0.05, 0) is 52.9 Å². The van der Waals surface area contributed by atoms with Gasteiger partial charge in [0.15, 0.2) is 5.78 Å². The highest BCUT2D eigenvalue weighted by Crippen LogP contribution is 2.44. The Balaban J connectivity index is 1.50. The summed E-state index contributed by atoms with van der Waals surface area (Å²) in [5.41, 5.74) is 5.26. The van der Waals surface area contributed by atoms with E-state index in [1.807, 2.05) is 24.3 Å². The van der Waals surface area contributed by atoms with E-state index < -0.39 is 12.1 Å². The number of ketones is 1. The lowest BCUT2D eigenvalue weighted by Crippen LogP contribution is -2.34. The predicted molar refractivity (Wildman–Crippen MR) is 124 cm³/mol. The van der Waals surface area contributed by atoms with Crippen LogP contribution >= 0.6 is 0 Å². The van der Waals surface area contributed by atoms with Gasteiger partial charge in [-0.25, -0.2) is 4.79 Å². The molecule has 1 amide bonds. The van der Waals surface area contributed by atoms with E-state index in [0.717, 1.165) is 22.3 Å². The number of alkyl carbamates (subject to hydrolysis) is 1. The summed E-state index contributed by atoms with van der Waals surface area (Å²) in [4.78, 5) is 25.3. The van der Waals surface area contributed by atoms with E-state index in [1.54, 1.807) is 44.4 Å². The summed E-state index contributed by atoms with van der Waals surface area (Å²) in [5, 5.41) is 2.72. The number of carbonyl (C=O) groups is 2. The van der Waals surface area contributed by atoms with Crippen LogP contribution in [0.5, 0.6) is 5.75 Å². The molecule has 1 aliphatic rings. The molecule has 0 bridgehead atoms. The highest BCUT2D eigenvalue weighted by atomic mass is 16.5. The summed E-state index contributed by atoms with van der Waals surface area (Å²) >= 11 is 0. The lowest BCUT2D eigenvalue weighted by Gasteiger charge is -2.19. The molecule has 4 rings (SSSR count). The van der Waals surface area contributed by atoms with Gasteiger partial charge in [-0.2, -0.15) is 0 Å². The fourth-order valence-electron chi connectivity index (χ4n) is 4.13. The SMILES string of the molecule is C/C=C/C(=O)[C@H](NC(=O)OCC1c2ccccc2-c2ccccc21)c1ccc(OC)cc1. The van der Waals surface area contributed by atoms with E-state index in [4.69, 9.17) is 9.47 Å². The van der Waals surface area contributed by atoms with Gasteiger partial charge >= 0.3 is 6.09 Å². The highest BCUT2D eigenvalue weighted by Gasteiger charge is 2.29. The van der Waals surface area contributed by atoms with Crippen molar-refractivity contribution in [3.05, 3.63) is 102 Å². The van der Waals surface area contributed by atoms with Gasteiger partial charge in [0.25, 0.3) is 0 Å². The van der Waals surface area contributed by atoms with Crippen LogP contribution in [0.3, 0.4) is 0 Å². The zero-order valence-electron chi connectivity index (χ0n) is 18.1. The average Bonchev–Trinajstić information content (AvgIpc) is 3.15. The molecular formula is C27H25NO4. The standard InChI is InChI=1S/C27H25NO4/c1-3-8-25(29)26(18-13-15-19(31-2)16-14-18)28-27(30)32-17-24-22-11-6-4-9-20(22)21-10-5-7-12-23(21)24/h3-16,24,26H,17H2,1-2H3,(H,28,30)/b8-3+/t26-/m1/s1.